The number of nitrogens with one attached hydrogen (secondary N) is 1. The van der Waals surface area contributed by atoms with Gasteiger partial charge in [-0.2, -0.15) is 0 Å². The van der Waals surface area contributed by atoms with Crippen LogP contribution in [0.2, 0.25) is 0 Å². The van der Waals surface area contributed by atoms with Gasteiger partial charge in [0.15, 0.2) is 0 Å². The van der Waals surface area contributed by atoms with Crippen molar-refractivity contribution in [3.8, 4) is 33.4 Å². The molecule has 41 heavy (non-hydrogen) atoms. The summed E-state index contributed by atoms with van der Waals surface area (Å²) in [7, 11) is 2.01. The second-order valence-electron chi connectivity index (χ2n) is 10.8. The minimum atomic E-state index is -0.159. The zero-order valence-electron chi connectivity index (χ0n) is 24.3. The van der Waals surface area contributed by atoms with Crippen molar-refractivity contribution in [2.24, 2.45) is 5.73 Å². The monoisotopic (exact) mass is 574 g/mol. The quantitative estimate of drug-likeness (QED) is 0.185. The van der Waals surface area contributed by atoms with Gasteiger partial charge < -0.3 is 11.1 Å². The first-order valence-corrected chi connectivity index (χ1v) is 16.2. The van der Waals surface area contributed by atoms with Crippen LogP contribution in [-0.4, -0.2) is 13.3 Å². The van der Waals surface area contributed by atoms with Crippen LogP contribution in [0, 0.1) is 0 Å². The standard InChI is InChI=1S/C37H38N2S2/c1-7-29-30(8-2)35-31-18-17-28(25-13-15-27(16-14-25)36(39-5)40-6)21-33(31)37(3,4)34(35)22-32(29)26-11-9-24(10-12-26)23-41-20-19-38/h7-22,36,39H,1-2,23,38H2,3-6H3/b20-19-. The lowest BCUT2D eigenvalue weighted by atomic mass is 9.79. The average molecular weight is 575 g/mol. The molecule has 0 heterocycles. The molecule has 0 radical (unpaired) electrons. The van der Waals surface area contributed by atoms with E-state index in [2.05, 4.69) is 111 Å². The number of fused-ring (bicyclic) bond motifs is 3. The van der Waals surface area contributed by atoms with Crippen LogP contribution in [0.25, 0.3) is 45.5 Å². The minimum absolute atomic E-state index is 0.159. The molecule has 1 atom stereocenters. The zero-order valence-corrected chi connectivity index (χ0v) is 26.0. The number of hydrogen-bond donors (Lipinski definition) is 2. The smallest absolute Gasteiger partial charge is 0.0784 e. The Labute approximate surface area is 253 Å². The van der Waals surface area contributed by atoms with Crippen LogP contribution in [0.3, 0.4) is 0 Å². The molecule has 4 aromatic carbocycles. The van der Waals surface area contributed by atoms with Gasteiger partial charge in [-0.25, -0.2) is 0 Å². The van der Waals surface area contributed by atoms with E-state index in [0.717, 1.165) is 16.9 Å². The molecule has 4 aromatic rings. The summed E-state index contributed by atoms with van der Waals surface area (Å²) in [5.41, 5.74) is 20.3. The van der Waals surface area contributed by atoms with Crippen LogP contribution in [0.15, 0.2) is 97.6 Å². The first-order chi connectivity index (χ1) is 19.9. The van der Waals surface area contributed by atoms with Gasteiger partial charge in [0.25, 0.3) is 0 Å². The van der Waals surface area contributed by atoms with E-state index in [1.165, 1.54) is 55.6 Å². The van der Waals surface area contributed by atoms with Gasteiger partial charge in [-0.15, -0.1) is 23.5 Å². The zero-order chi connectivity index (χ0) is 29.1. The average Bonchev–Trinajstić information content (AvgIpc) is 3.23. The van der Waals surface area contributed by atoms with E-state index in [0.29, 0.717) is 5.37 Å². The molecule has 0 aliphatic heterocycles. The predicted molar refractivity (Wildman–Crippen MR) is 185 cm³/mol. The van der Waals surface area contributed by atoms with Crippen LogP contribution in [0.5, 0.6) is 0 Å². The summed E-state index contributed by atoms with van der Waals surface area (Å²) >= 11 is 3.51. The molecule has 5 rings (SSSR count). The van der Waals surface area contributed by atoms with Gasteiger partial charge in [-0.1, -0.05) is 99.8 Å². The molecule has 2 nitrogen and oxygen atoms in total. The van der Waals surface area contributed by atoms with Crippen molar-refractivity contribution in [1.29, 1.82) is 0 Å². The fourth-order valence-corrected chi connectivity index (χ4v) is 7.29. The highest BCUT2D eigenvalue weighted by atomic mass is 32.2. The van der Waals surface area contributed by atoms with Crippen molar-refractivity contribution < 1.29 is 0 Å². The Hall–Kier alpha value is -3.44. The number of thioether (sulfide) groups is 2. The second-order valence-corrected chi connectivity index (χ2v) is 12.7. The van der Waals surface area contributed by atoms with Crippen molar-refractivity contribution in [1.82, 2.24) is 5.32 Å². The third-order valence-corrected chi connectivity index (χ3v) is 10.0. The Morgan fingerprint density at radius 1 is 0.829 bits per heavy atom. The maximum atomic E-state index is 5.49. The molecule has 0 bridgehead atoms. The Kier molecular flexibility index (Phi) is 8.65. The SMILES string of the molecule is C=Cc1c(-c2ccc(CS/C=C\N)cc2)cc2c(c1C=C)-c1ccc(-c3ccc(C(NC)SC)cc3)cc1C2(C)C. The molecule has 3 N–H and O–H groups in total. The third kappa shape index (κ3) is 5.32. The van der Waals surface area contributed by atoms with Crippen LogP contribution >= 0.6 is 23.5 Å². The Morgan fingerprint density at radius 2 is 1.49 bits per heavy atom. The molecule has 1 aliphatic carbocycles. The van der Waals surface area contributed by atoms with Gasteiger partial charge >= 0.3 is 0 Å². The highest BCUT2D eigenvalue weighted by molar-refractivity contribution is 8.01. The van der Waals surface area contributed by atoms with Gasteiger partial charge in [0.05, 0.1) is 5.37 Å². The van der Waals surface area contributed by atoms with Crippen molar-refractivity contribution in [3.05, 3.63) is 131 Å². The van der Waals surface area contributed by atoms with Crippen molar-refractivity contribution in [2.75, 3.05) is 13.3 Å². The molecule has 0 amide bonds. The molecule has 1 unspecified atom stereocenters. The molecular weight excluding hydrogens is 537 g/mol. The van der Waals surface area contributed by atoms with Crippen molar-refractivity contribution in [3.63, 3.8) is 0 Å². The summed E-state index contributed by atoms with van der Waals surface area (Å²) in [6.45, 7) is 13.2. The minimum Gasteiger partial charge on any atom is -0.404 e. The van der Waals surface area contributed by atoms with Crippen molar-refractivity contribution in [2.45, 2.75) is 30.4 Å². The molecule has 0 fully saturated rings. The van der Waals surface area contributed by atoms with E-state index < -0.39 is 0 Å². The lowest BCUT2D eigenvalue weighted by Gasteiger charge is -2.24. The third-order valence-electron chi connectivity index (χ3n) is 8.19. The van der Waals surface area contributed by atoms with E-state index in [4.69, 9.17) is 5.73 Å². The van der Waals surface area contributed by atoms with E-state index in [9.17, 15) is 0 Å². The maximum absolute atomic E-state index is 5.49. The largest absolute Gasteiger partial charge is 0.404 e. The molecule has 0 saturated heterocycles. The van der Waals surface area contributed by atoms with Crippen molar-refractivity contribution >= 4 is 35.7 Å². The Bertz CT molecular complexity index is 1610. The molecule has 0 spiro atoms. The summed E-state index contributed by atoms with van der Waals surface area (Å²) in [6, 6.07) is 27.1. The lowest BCUT2D eigenvalue weighted by Crippen LogP contribution is -2.15. The van der Waals surface area contributed by atoms with Gasteiger partial charge in [0, 0.05) is 17.4 Å². The summed E-state index contributed by atoms with van der Waals surface area (Å²) in [6.07, 6.45) is 7.70. The number of hydrogen-bond acceptors (Lipinski definition) is 4. The van der Waals surface area contributed by atoms with Crippen LogP contribution in [0.1, 0.15) is 52.6 Å². The fourth-order valence-electron chi connectivity index (χ4n) is 6.03. The molecular formula is C37H38N2S2. The highest BCUT2D eigenvalue weighted by Gasteiger charge is 2.38. The fraction of sp³-hybridized carbons (Fsp3) is 0.189. The molecule has 4 heteroatoms. The molecule has 0 saturated carbocycles. The molecule has 208 valence electrons. The first-order valence-electron chi connectivity index (χ1n) is 13.9. The normalized spacial score (nSPS) is 14.0. The maximum Gasteiger partial charge on any atom is 0.0784 e. The summed E-state index contributed by atoms with van der Waals surface area (Å²) < 4.78 is 0. The molecule has 0 aromatic heterocycles. The van der Waals surface area contributed by atoms with Gasteiger partial charge in [0.1, 0.15) is 0 Å². The van der Waals surface area contributed by atoms with Gasteiger partial charge in [-0.3, -0.25) is 0 Å². The summed E-state index contributed by atoms with van der Waals surface area (Å²) in [5.74, 6) is 0.894. The van der Waals surface area contributed by atoms with Crippen LogP contribution < -0.4 is 11.1 Å². The van der Waals surface area contributed by atoms with E-state index in [-0.39, 0.29) is 5.41 Å². The lowest BCUT2D eigenvalue weighted by molar-refractivity contribution is 0.660. The Balaban J connectivity index is 1.58. The number of rotatable bonds is 10. The summed E-state index contributed by atoms with van der Waals surface area (Å²) in [5, 5.41) is 5.59. The van der Waals surface area contributed by atoms with E-state index >= 15 is 0 Å². The summed E-state index contributed by atoms with van der Waals surface area (Å²) in [4.78, 5) is 0. The van der Waals surface area contributed by atoms with Crippen LogP contribution in [0.4, 0.5) is 0 Å². The predicted octanol–water partition coefficient (Wildman–Crippen LogP) is 9.86. The van der Waals surface area contributed by atoms with E-state index in [1.54, 1.807) is 18.0 Å². The number of nitrogens with two attached hydrogens (primary N) is 1. The van der Waals surface area contributed by atoms with Crippen LogP contribution in [-0.2, 0) is 11.2 Å². The topological polar surface area (TPSA) is 38.0 Å². The van der Waals surface area contributed by atoms with Gasteiger partial charge in [-0.05, 0) is 97.6 Å². The number of benzene rings is 4. The second kappa shape index (κ2) is 12.2. The Morgan fingerprint density at radius 3 is 2.10 bits per heavy atom. The highest BCUT2D eigenvalue weighted by Crippen LogP contribution is 2.53. The first kappa shape index (κ1) is 29.1. The van der Waals surface area contributed by atoms with Gasteiger partial charge in [0.2, 0.25) is 0 Å². The van der Waals surface area contributed by atoms with E-state index in [1.807, 2.05) is 36.4 Å². The molecule has 1 aliphatic rings.